The van der Waals surface area contributed by atoms with E-state index in [-0.39, 0.29) is 42.2 Å². The number of nitrogens with zero attached hydrogens (tertiary/aromatic N) is 2. The first-order chi connectivity index (χ1) is 17.5. The van der Waals surface area contributed by atoms with Gasteiger partial charge in [-0.3, -0.25) is 19.1 Å². The Morgan fingerprint density at radius 2 is 1.97 bits per heavy atom. The molecule has 2 aliphatic heterocycles. The predicted octanol–water partition coefficient (Wildman–Crippen LogP) is 3.69. The molecule has 0 radical (unpaired) electrons. The smallest absolute Gasteiger partial charge is 0.408 e. The van der Waals surface area contributed by atoms with E-state index in [0.29, 0.717) is 24.2 Å². The molecule has 1 aromatic heterocycles. The second-order valence-electron chi connectivity index (χ2n) is 9.99. The van der Waals surface area contributed by atoms with Crippen LogP contribution in [0.25, 0.3) is 11.1 Å². The van der Waals surface area contributed by atoms with Crippen LogP contribution in [0.2, 0.25) is 0 Å². The first kappa shape index (κ1) is 24.3. The summed E-state index contributed by atoms with van der Waals surface area (Å²) in [7, 11) is 0. The minimum absolute atomic E-state index is 0.0586. The van der Waals surface area contributed by atoms with E-state index >= 15 is 0 Å². The summed E-state index contributed by atoms with van der Waals surface area (Å²) < 4.78 is 7.02. The van der Waals surface area contributed by atoms with Crippen LogP contribution >= 0.6 is 0 Å². The van der Waals surface area contributed by atoms with Crippen LogP contribution in [-0.2, 0) is 22.6 Å². The molecule has 2 N–H and O–H groups in total. The van der Waals surface area contributed by atoms with Gasteiger partial charge in [0.15, 0.2) is 5.58 Å². The maximum atomic E-state index is 13.2. The molecule has 2 saturated heterocycles. The minimum atomic E-state index is -0.381. The molecule has 5 rings (SSSR count). The zero-order valence-electron chi connectivity index (χ0n) is 20.7. The molecule has 0 bridgehead atoms. The molecule has 0 saturated carbocycles. The van der Waals surface area contributed by atoms with E-state index < -0.39 is 0 Å². The van der Waals surface area contributed by atoms with Crippen LogP contribution in [0.4, 0.5) is 5.69 Å². The van der Waals surface area contributed by atoms with Gasteiger partial charge in [0.05, 0.1) is 12.1 Å². The van der Waals surface area contributed by atoms with Crippen molar-refractivity contribution in [3.05, 3.63) is 64.6 Å². The molecular weight excluding hydrogens is 456 g/mol. The highest BCUT2D eigenvalue weighted by Gasteiger charge is 2.42. The standard InChI is InChI=1S/C28H34N4O4/c1-2-14-31-24-13-12-20(16-25(24)36-28(31)35)29-27(34)18-32-21(15-19-8-4-3-5-9-19)17-22-23(32)10-6-7-11-26(33)30-22/h3-5,8-9,12-13,16,21-23H,2,6-7,10-11,14-15,17-18H2,1H3,(H,29,34)(H,30,33)/t21-,22-,23+/m1/s1. The number of benzene rings is 2. The average molecular weight is 491 g/mol. The second kappa shape index (κ2) is 10.7. The third-order valence-electron chi connectivity index (χ3n) is 7.43. The van der Waals surface area contributed by atoms with Gasteiger partial charge < -0.3 is 15.1 Å². The van der Waals surface area contributed by atoms with Crippen molar-refractivity contribution in [1.29, 1.82) is 0 Å². The van der Waals surface area contributed by atoms with Crippen LogP contribution in [0.5, 0.6) is 0 Å². The Labute approximate surface area is 210 Å². The molecule has 8 heteroatoms. The number of hydrogen-bond acceptors (Lipinski definition) is 5. The Morgan fingerprint density at radius 1 is 1.14 bits per heavy atom. The number of likely N-dealkylation sites (tertiary alicyclic amines) is 1. The van der Waals surface area contributed by atoms with Gasteiger partial charge in [0.1, 0.15) is 0 Å². The number of amides is 2. The van der Waals surface area contributed by atoms with Crippen molar-refractivity contribution >= 4 is 28.6 Å². The molecule has 3 heterocycles. The normalized spacial score (nSPS) is 22.6. The molecule has 0 aliphatic carbocycles. The molecular formula is C28H34N4O4. The van der Waals surface area contributed by atoms with Gasteiger partial charge in [-0.2, -0.15) is 0 Å². The molecule has 36 heavy (non-hydrogen) atoms. The number of rotatable bonds is 7. The summed E-state index contributed by atoms with van der Waals surface area (Å²) in [6.45, 7) is 2.84. The summed E-state index contributed by atoms with van der Waals surface area (Å²) in [4.78, 5) is 40.0. The highest BCUT2D eigenvalue weighted by molar-refractivity contribution is 5.94. The fourth-order valence-corrected chi connectivity index (χ4v) is 5.81. The van der Waals surface area contributed by atoms with Crippen LogP contribution in [-0.4, -0.2) is 46.0 Å². The molecule has 3 aromatic rings. The maximum absolute atomic E-state index is 13.2. The fourth-order valence-electron chi connectivity index (χ4n) is 5.81. The summed E-state index contributed by atoms with van der Waals surface area (Å²) in [5.41, 5.74) is 3.03. The van der Waals surface area contributed by atoms with Crippen molar-refractivity contribution in [3.8, 4) is 0 Å². The summed E-state index contributed by atoms with van der Waals surface area (Å²) in [5.74, 6) is -0.385. The summed E-state index contributed by atoms with van der Waals surface area (Å²) in [6, 6.07) is 16.0. The molecule has 2 aromatic carbocycles. The number of anilines is 1. The Kier molecular flexibility index (Phi) is 7.23. The number of nitrogens with one attached hydrogen (secondary N) is 2. The van der Waals surface area contributed by atoms with Gasteiger partial charge in [0.2, 0.25) is 11.8 Å². The van der Waals surface area contributed by atoms with Crippen molar-refractivity contribution in [2.24, 2.45) is 0 Å². The zero-order chi connectivity index (χ0) is 25.1. The van der Waals surface area contributed by atoms with Gasteiger partial charge in [-0.05, 0) is 49.8 Å². The third kappa shape index (κ3) is 5.23. The highest BCUT2D eigenvalue weighted by atomic mass is 16.4. The van der Waals surface area contributed by atoms with Gasteiger partial charge in [0.25, 0.3) is 0 Å². The lowest BCUT2D eigenvalue weighted by Gasteiger charge is -2.32. The number of aryl methyl sites for hydroxylation is 1. The predicted molar refractivity (Wildman–Crippen MR) is 139 cm³/mol. The lowest BCUT2D eigenvalue weighted by molar-refractivity contribution is -0.122. The monoisotopic (exact) mass is 490 g/mol. The van der Waals surface area contributed by atoms with Crippen molar-refractivity contribution in [3.63, 3.8) is 0 Å². The van der Waals surface area contributed by atoms with Crippen molar-refractivity contribution in [2.45, 2.75) is 76.5 Å². The van der Waals surface area contributed by atoms with Gasteiger partial charge in [-0.25, -0.2) is 4.79 Å². The lowest BCUT2D eigenvalue weighted by Crippen LogP contribution is -2.48. The van der Waals surface area contributed by atoms with E-state index in [2.05, 4.69) is 27.7 Å². The Bertz CT molecular complexity index is 1280. The van der Waals surface area contributed by atoms with E-state index in [1.165, 1.54) is 5.56 Å². The maximum Gasteiger partial charge on any atom is 0.419 e. The molecule has 2 amide bonds. The first-order valence-corrected chi connectivity index (χ1v) is 13.0. The van der Waals surface area contributed by atoms with Crippen LogP contribution in [0, 0.1) is 0 Å². The Balaban J connectivity index is 1.34. The number of oxazole rings is 1. The van der Waals surface area contributed by atoms with Crippen LogP contribution in [0.15, 0.2) is 57.7 Å². The van der Waals surface area contributed by atoms with Gasteiger partial charge in [0, 0.05) is 42.8 Å². The number of aromatic nitrogens is 1. The molecule has 190 valence electrons. The van der Waals surface area contributed by atoms with E-state index in [1.54, 1.807) is 10.6 Å². The SMILES string of the molecule is CCCn1c(=O)oc2cc(NC(=O)CN3[C@H](Cc4ccccc4)C[C@H]4NC(=O)CCCC[C@@H]43)ccc21. The Morgan fingerprint density at radius 3 is 2.78 bits per heavy atom. The van der Waals surface area contributed by atoms with Crippen molar-refractivity contribution < 1.29 is 14.0 Å². The van der Waals surface area contributed by atoms with E-state index in [9.17, 15) is 14.4 Å². The van der Waals surface area contributed by atoms with Gasteiger partial charge in [-0.1, -0.05) is 43.7 Å². The number of carbonyl (C=O) groups excluding carboxylic acids is 2. The molecule has 2 aliphatic rings. The second-order valence-corrected chi connectivity index (χ2v) is 9.99. The highest BCUT2D eigenvalue weighted by Crippen LogP contribution is 2.32. The van der Waals surface area contributed by atoms with E-state index in [4.69, 9.17) is 4.42 Å². The zero-order valence-corrected chi connectivity index (χ0v) is 20.7. The quantitative estimate of drug-likeness (QED) is 0.527. The minimum Gasteiger partial charge on any atom is -0.408 e. The topological polar surface area (TPSA) is 96.6 Å². The Hall–Kier alpha value is -3.39. The van der Waals surface area contributed by atoms with Crippen molar-refractivity contribution in [2.75, 3.05) is 11.9 Å². The molecule has 3 atom stereocenters. The lowest BCUT2D eigenvalue weighted by atomic mass is 9.97. The summed E-state index contributed by atoms with van der Waals surface area (Å²) >= 11 is 0. The number of carbonyl (C=O) groups is 2. The molecule has 2 fully saturated rings. The third-order valence-corrected chi connectivity index (χ3v) is 7.43. The summed E-state index contributed by atoms with van der Waals surface area (Å²) in [6.07, 6.45) is 5.89. The fraction of sp³-hybridized carbons (Fsp3) is 0.464. The largest absolute Gasteiger partial charge is 0.419 e. The van der Waals surface area contributed by atoms with Crippen LogP contribution in [0.1, 0.15) is 51.0 Å². The van der Waals surface area contributed by atoms with Crippen molar-refractivity contribution in [1.82, 2.24) is 14.8 Å². The average Bonchev–Trinajstić information content (AvgIpc) is 3.31. The number of hydrogen-bond donors (Lipinski definition) is 2. The summed E-state index contributed by atoms with van der Waals surface area (Å²) in [5, 5.41) is 6.23. The van der Waals surface area contributed by atoms with Gasteiger partial charge >= 0.3 is 5.76 Å². The molecule has 0 unspecified atom stereocenters. The molecule has 8 nitrogen and oxygen atoms in total. The first-order valence-electron chi connectivity index (χ1n) is 13.0. The van der Waals surface area contributed by atoms with Crippen LogP contribution < -0.4 is 16.4 Å². The van der Waals surface area contributed by atoms with E-state index in [0.717, 1.165) is 44.0 Å². The van der Waals surface area contributed by atoms with Gasteiger partial charge in [-0.15, -0.1) is 0 Å². The van der Waals surface area contributed by atoms with E-state index in [1.807, 2.05) is 37.3 Å². The molecule has 0 spiro atoms. The van der Waals surface area contributed by atoms with Crippen LogP contribution in [0.3, 0.4) is 0 Å². The number of fused-ring (bicyclic) bond motifs is 2.